The molecule has 0 atom stereocenters. The number of nitrogens with one attached hydrogen (secondary N) is 2. The molecule has 0 aliphatic rings. The summed E-state index contributed by atoms with van der Waals surface area (Å²) in [5.41, 5.74) is 1.23. The van der Waals surface area contributed by atoms with Crippen LogP contribution in [-0.4, -0.2) is 43.6 Å². The van der Waals surface area contributed by atoms with Crippen LogP contribution in [0.2, 0.25) is 0 Å². The number of likely N-dealkylation sites (N-methyl/N-ethyl adjacent to an activating group) is 1. The molecule has 0 saturated carbocycles. The second-order valence-electron chi connectivity index (χ2n) is 5.04. The van der Waals surface area contributed by atoms with Crippen LogP contribution in [0, 0.1) is 0 Å². The molecule has 0 spiro atoms. The summed E-state index contributed by atoms with van der Waals surface area (Å²) in [6, 6.07) is 10.3. The van der Waals surface area contributed by atoms with Crippen molar-refractivity contribution in [2.75, 3.05) is 32.7 Å². The maximum atomic E-state index is 4.63. The van der Waals surface area contributed by atoms with Gasteiger partial charge >= 0.3 is 0 Å². The van der Waals surface area contributed by atoms with E-state index in [1.165, 1.54) is 12.0 Å². The van der Waals surface area contributed by atoms with Gasteiger partial charge in [0.2, 0.25) is 0 Å². The van der Waals surface area contributed by atoms with Crippen LogP contribution in [0.4, 0.5) is 0 Å². The number of hydrogen-bond acceptors (Lipinski definition) is 2. The average Bonchev–Trinajstić information content (AvgIpc) is 2.52. The fourth-order valence-electron chi connectivity index (χ4n) is 2.17. The van der Waals surface area contributed by atoms with Gasteiger partial charge < -0.3 is 15.5 Å². The third kappa shape index (κ3) is 9.25. The average molecular weight is 418 g/mol. The quantitative estimate of drug-likeness (QED) is 0.368. The number of halogens is 1. The molecule has 1 rings (SSSR count). The minimum atomic E-state index is 0. The van der Waals surface area contributed by atoms with Gasteiger partial charge in [-0.15, -0.1) is 24.0 Å². The summed E-state index contributed by atoms with van der Waals surface area (Å²) in [4.78, 5) is 7.08. The van der Waals surface area contributed by atoms with Crippen LogP contribution in [0.3, 0.4) is 0 Å². The van der Waals surface area contributed by atoms with Crippen molar-refractivity contribution in [3.05, 3.63) is 35.9 Å². The van der Waals surface area contributed by atoms with Crippen LogP contribution in [-0.2, 0) is 6.54 Å². The van der Waals surface area contributed by atoms with E-state index in [9.17, 15) is 0 Å². The molecule has 0 unspecified atom stereocenters. The van der Waals surface area contributed by atoms with E-state index in [0.717, 1.165) is 38.7 Å². The molecule has 0 saturated heterocycles. The highest BCUT2D eigenvalue weighted by Crippen LogP contribution is 1.99. The lowest BCUT2D eigenvalue weighted by Crippen LogP contribution is -2.41. The van der Waals surface area contributed by atoms with Crippen molar-refractivity contribution in [2.24, 2.45) is 4.99 Å². The smallest absolute Gasteiger partial charge is 0.191 e. The second kappa shape index (κ2) is 13.8. The first-order valence-corrected chi connectivity index (χ1v) is 8.08. The summed E-state index contributed by atoms with van der Waals surface area (Å²) >= 11 is 0. The molecule has 0 aliphatic carbocycles. The van der Waals surface area contributed by atoms with Crippen molar-refractivity contribution in [1.29, 1.82) is 0 Å². The van der Waals surface area contributed by atoms with Crippen LogP contribution in [0.15, 0.2) is 35.3 Å². The first kappa shape index (κ1) is 21.2. The molecule has 126 valence electrons. The number of hydrogen-bond donors (Lipinski definition) is 2. The molecule has 0 amide bonds. The third-order valence-corrected chi connectivity index (χ3v) is 3.31. The monoisotopic (exact) mass is 418 g/mol. The minimum absolute atomic E-state index is 0. The molecule has 0 bridgehead atoms. The fraction of sp³-hybridized carbons (Fsp3) is 0.588. The Hall–Kier alpha value is -0.820. The number of nitrogens with zero attached hydrogens (tertiary/aromatic N) is 2. The van der Waals surface area contributed by atoms with E-state index in [4.69, 9.17) is 0 Å². The van der Waals surface area contributed by atoms with Crippen LogP contribution < -0.4 is 10.6 Å². The molecule has 1 aromatic rings. The van der Waals surface area contributed by atoms with Crippen molar-refractivity contribution in [1.82, 2.24) is 15.5 Å². The number of benzene rings is 1. The molecule has 0 fully saturated rings. The first-order chi connectivity index (χ1) is 10.3. The highest BCUT2D eigenvalue weighted by molar-refractivity contribution is 14.0. The summed E-state index contributed by atoms with van der Waals surface area (Å²) in [7, 11) is 0. The summed E-state index contributed by atoms with van der Waals surface area (Å²) in [5.74, 6) is 0.897. The molecule has 2 N–H and O–H groups in total. The number of rotatable bonds is 9. The van der Waals surface area contributed by atoms with E-state index < -0.39 is 0 Å². The Balaban J connectivity index is 0.00000441. The molecule has 0 radical (unpaired) electrons. The van der Waals surface area contributed by atoms with Gasteiger partial charge in [-0.3, -0.25) is 0 Å². The van der Waals surface area contributed by atoms with Gasteiger partial charge in [-0.2, -0.15) is 0 Å². The lowest BCUT2D eigenvalue weighted by molar-refractivity contribution is 0.293. The lowest BCUT2D eigenvalue weighted by atomic mass is 10.2. The summed E-state index contributed by atoms with van der Waals surface area (Å²) < 4.78 is 0. The fourth-order valence-corrected chi connectivity index (χ4v) is 2.17. The van der Waals surface area contributed by atoms with Crippen molar-refractivity contribution in [3.63, 3.8) is 0 Å². The lowest BCUT2D eigenvalue weighted by Gasteiger charge is -2.20. The van der Waals surface area contributed by atoms with E-state index >= 15 is 0 Å². The zero-order valence-corrected chi connectivity index (χ0v) is 16.5. The Kier molecular flexibility index (Phi) is 13.3. The zero-order chi connectivity index (χ0) is 15.3. The van der Waals surface area contributed by atoms with Crippen molar-refractivity contribution < 1.29 is 0 Å². The van der Waals surface area contributed by atoms with Gasteiger partial charge in [-0.1, -0.05) is 44.2 Å². The summed E-state index contributed by atoms with van der Waals surface area (Å²) in [6.07, 6.45) is 1.20. The third-order valence-electron chi connectivity index (χ3n) is 3.31. The van der Waals surface area contributed by atoms with Crippen LogP contribution in [0.5, 0.6) is 0 Å². The van der Waals surface area contributed by atoms with E-state index in [0.29, 0.717) is 6.54 Å². The van der Waals surface area contributed by atoms with Gasteiger partial charge in [0.25, 0.3) is 0 Å². The first-order valence-electron chi connectivity index (χ1n) is 8.08. The molecular formula is C17H31IN4. The molecular weight excluding hydrogens is 387 g/mol. The molecule has 4 nitrogen and oxygen atoms in total. The Morgan fingerprint density at radius 3 is 2.36 bits per heavy atom. The molecule has 0 aliphatic heterocycles. The Bertz CT molecular complexity index is 395. The van der Waals surface area contributed by atoms with Crippen molar-refractivity contribution in [2.45, 2.75) is 33.7 Å². The van der Waals surface area contributed by atoms with Gasteiger partial charge in [0.15, 0.2) is 5.96 Å². The van der Waals surface area contributed by atoms with Gasteiger partial charge in [0.1, 0.15) is 0 Å². The standard InChI is InChI=1S/C17H30N4.HI/c1-4-13-21(6-3)14-12-19-17(18-5-2)20-15-16-10-8-7-9-11-16;/h7-11H,4-6,12-15H2,1-3H3,(H2,18,19,20);1H. The molecule has 5 heteroatoms. The van der Waals surface area contributed by atoms with Crippen LogP contribution in [0.1, 0.15) is 32.8 Å². The highest BCUT2D eigenvalue weighted by atomic mass is 127. The van der Waals surface area contributed by atoms with Gasteiger partial charge in [-0.05, 0) is 32.0 Å². The Morgan fingerprint density at radius 2 is 1.77 bits per heavy atom. The molecule has 1 aromatic carbocycles. The zero-order valence-electron chi connectivity index (χ0n) is 14.1. The predicted octanol–water partition coefficient (Wildman–Crippen LogP) is 3.09. The maximum absolute atomic E-state index is 4.63. The number of guanidine groups is 1. The van der Waals surface area contributed by atoms with Crippen LogP contribution in [0.25, 0.3) is 0 Å². The predicted molar refractivity (Wildman–Crippen MR) is 107 cm³/mol. The topological polar surface area (TPSA) is 39.7 Å². The maximum Gasteiger partial charge on any atom is 0.191 e. The largest absolute Gasteiger partial charge is 0.357 e. The SMILES string of the molecule is CCCN(CC)CCNC(=NCc1ccccc1)NCC.I. The molecule has 22 heavy (non-hydrogen) atoms. The molecule has 0 heterocycles. The van der Waals surface area contributed by atoms with E-state index in [1.807, 2.05) is 6.07 Å². The Labute approximate surface area is 152 Å². The van der Waals surface area contributed by atoms with Gasteiger partial charge in [0.05, 0.1) is 6.54 Å². The van der Waals surface area contributed by atoms with E-state index in [1.54, 1.807) is 0 Å². The molecule has 0 aromatic heterocycles. The van der Waals surface area contributed by atoms with Crippen molar-refractivity contribution in [3.8, 4) is 0 Å². The second-order valence-corrected chi connectivity index (χ2v) is 5.04. The van der Waals surface area contributed by atoms with Crippen molar-refractivity contribution >= 4 is 29.9 Å². The minimum Gasteiger partial charge on any atom is -0.357 e. The van der Waals surface area contributed by atoms with Gasteiger partial charge in [-0.25, -0.2) is 4.99 Å². The number of aliphatic imine (C=N–C) groups is 1. The summed E-state index contributed by atoms with van der Waals surface area (Å²) in [5, 5.41) is 6.71. The van der Waals surface area contributed by atoms with Crippen LogP contribution >= 0.6 is 24.0 Å². The normalized spacial score (nSPS) is 11.2. The van der Waals surface area contributed by atoms with E-state index in [2.05, 4.69) is 65.6 Å². The van der Waals surface area contributed by atoms with Gasteiger partial charge in [0, 0.05) is 19.6 Å². The van der Waals surface area contributed by atoms with E-state index in [-0.39, 0.29) is 24.0 Å². The summed E-state index contributed by atoms with van der Waals surface area (Å²) in [6.45, 7) is 12.4. The Morgan fingerprint density at radius 1 is 1.05 bits per heavy atom. The highest BCUT2D eigenvalue weighted by Gasteiger charge is 2.01.